The molecular weight excluding hydrogens is 334 g/mol. The molecular formula is C18H19N5O3. The first-order valence-corrected chi connectivity index (χ1v) is 8.74. The van der Waals surface area contributed by atoms with Crippen LogP contribution in [0.2, 0.25) is 0 Å². The predicted molar refractivity (Wildman–Crippen MR) is 95.2 cm³/mol. The molecule has 2 heterocycles. The number of carbonyl (C=O) groups excluding carboxylic acids is 1. The van der Waals surface area contributed by atoms with Crippen LogP contribution in [0.4, 0.5) is 11.5 Å². The van der Waals surface area contributed by atoms with Gasteiger partial charge in [-0.2, -0.15) is 5.10 Å². The Kier molecular flexibility index (Phi) is 4.24. The number of non-ortho nitro benzene ring substituents is 1. The van der Waals surface area contributed by atoms with Gasteiger partial charge < -0.3 is 9.80 Å². The van der Waals surface area contributed by atoms with Crippen molar-refractivity contribution in [3.05, 3.63) is 57.8 Å². The standard InChI is InChI=1S/C18H19N5O3/c24-18(14-2-1-3-15(12-14)23(25)26)22-10-8-21(9-11-22)17-7-6-16(19-20-17)13-4-5-13/h1-3,6-7,12-13H,4-5,8-11H2. The molecule has 2 aliphatic rings. The molecule has 134 valence electrons. The molecule has 0 radical (unpaired) electrons. The van der Waals surface area contributed by atoms with Crippen LogP contribution in [0.25, 0.3) is 0 Å². The van der Waals surface area contributed by atoms with Gasteiger partial charge in [-0.25, -0.2) is 0 Å². The summed E-state index contributed by atoms with van der Waals surface area (Å²) < 4.78 is 0. The lowest BCUT2D eigenvalue weighted by atomic mass is 10.1. The van der Waals surface area contributed by atoms with Crippen molar-refractivity contribution in [2.75, 3.05) is 31.1 Å². The smallest absolute Gasteiger partial charge is 0.270 e. The van der Waals surface area contributed by atoms with Crippen LogP contribution in [0.1, 0.15) is 34.8 Å². The summed E-state index contributed by atoms with van der Waals surface area (Å²) in [5, 5.41) is 19.5. The maximum Gasteiger partial charge on any atom is 0.270 e. The third kappa shape index (κ3) is 3.35. The number of aromatic nitrogens is 2. The predicted octanol–water partition coefficient (Wildman–Crippen LogP) is 2.22. The Hall–Kier alpha value is -3.03. The molecule has 0 unspecified atom stereocenters. The summed E-state index contributed by atoms with van der Waals surface area (Å²) in [6, 6.07) is 9.91. The SMILES string of the molecule is O=C(c1cccc([N+](=O)[O-])c1)N1CCN(c2ccc(C3CC3)nn2)CC1. The Bertz CT molecular complexity index is 827. The monoisotopic (exact) mass is 353 g/mol. The Morgan fingerprint density at radius 1 is 1.08 bits per heavy atom. The highest BCUT2D eigenvalue weighted by Crippen LogP contribution is 2.38. The van der Waals surface area contributed by atoms with Gasteiger partial charge in [0.25, 0.3) is 11.6 Å². The summed E-state index contributed by atoms with van der Waals surface area (Å²) in [6.45, 7) is 2.43. The van der Waals surface area contributed by atoms with E-state index >= 15 is 0 Å². The summed E-state index contributed by atoms with van der Waals surface area (Å²) in [6.07, 6.45) is 2.40. The van der Waals surface area contributed by atoms with Gasteiger partial charge in [0.2, 0.25) is 0 Å². The topological polar surface area (TPSA) is 92.5 Å². The molecule has 1 aromatic heterocycles. The average Bonchev–Trinajstić information content (AvgIpc) is 3.53. The number of benzene rings is 1. The molecule has 1 saturated heterocycles. The lowest BCUT2D eigenvalue weighted by molar-refractivity contribution is -0.384. The van der Waals surface area contributed by atoms with E-state index < -0.39 is 4.92 Å². The van der Waals surface area contributed by atoms with Crippen LogP contribution in [0.5, 0.6) is 0 Å². The highest BCUT2D eigenvalue weighted by Gasteiger charge is 2.27. The van der Waals surface area contributed by atoms with E-state index in [1.54, 1.807) is 17.0 Å². The molecule has 0 bridgehead atoms. The van der Waals surface area contributed by atoms with E-state index in [4.69, 9.17) is 0 Å². The lowest BCUT2D eigenvalue weighted by Crippen LogP contribution is -2.49. The first-order chi connectivity index (χ1) is 12.6. The molecule has 4 rings (SSSR count). The van der Waals surface area contributed by atoms with Crippen LogP contribution in [0, 0.1) is 10.1 Å². The number of nitrogens with zero attached hydrogens (tertiary/aromatic N) is 5. The lowest BCUT2D eigenvalue weighted by Gasteiger charge is -2.35. The molecule has 1 aromatic carbocycles. The zero-order chi connectivity index (χ0) is 18.1. The quantitative estimate of drug-likeness (QED) is 0.618. The van der Waals surface area contributed by atoms with Crippen LogP contribution in [0.15, 0.2) is 36.4 Å². The third-order valence-corrected chi connectivity index (χ3v) is 4.86. The molecule has 8 nitrogen and oxygen atoms in total. The van der Waals surface area contributed by atoms with E-state index in [1.807, 2.05) is 12.1 Å². The second-order valence-corrected chi connectivity index (χ2v) is 6.68. The minimum atomic E-state index is -0.487. The zero-order valence-electron chi connectivity index (χ0n) is 14.2. The van der Waals surface area contributed by atoms with Crippen LogP contribution in [-0.2, 0) is 0 Å². The van der Waals surface area contributed by atoms with Crippen molar-refractivity contribution in [2.24, 2.45) is 0 Å². The molecule has 2 aromatic rings. The fourth-order valence-electron chi connectivity index (χ4n) is 3.17. The summed E-state index contributed by atoms with van der Waals surface area (Å²) in [5.74, 6) is 1.24. The average molecular weight is 353 g/mol. The number of piperazine rings is 1. The molecule has 1 aliphatic heterocycles. The van der Waals surface area contributed by atoms with Gasteiger partial charge in [0.05, 0.1) is 10.6 Å². The molecule has 1 aliphatic carbocycles. The van der Waals surface area contributed by atoms with Gasteiger partial charge in [0.15, 0.2) is 5.82 Å². The first-order valence-electron chi connectivity index (χ1n) is 8.74. The van der Waals surface area contributed by atoms with E-state index in [2.05, 4.69) is 15.1 Å². The number of carbonyl (C=O) groups is 1. The van der Waals surface area contributed by atoms with E-state index in [0.29, 0.717) is 37.7 Å². The van der Waals surface area contributed by atoms with E-state index in [9.17, 15) is 14.9 Å². The summed E-state index contributed by atoms with van der Waals surface area (Å²) in [5.41, 5.74) is 1.34. The Balaban J connectivity index is 1.39. The number of hydrogen-bond donors (Lipinski definition) is 0. The van der Waals surface area contributed by atoms with Crippen molar-refractivity contribution in [3.8, 4) is 0 Å². The van der Waals surface area contributed by atoms with Gasteiger partial charge in [-0.15, -0.1) is 5.10 Å². The molecule has 1 saturated carbocycles. The van der Waals surface area contributed by atoms with Crippen molar-refractivity contribution < 1.29 is 9.72 Å². The summed E-state index contributed by atoms with van der Waals surface area (Å²) >= 11 is 0. The van der Waals surface area contributed by atoms with Crippen molar-refractivity contribution >= 4 is 17.4 Å². The van der Waals surface area contributed by atoms with Crippen molar-refractivity contribution in [3.63, 3.8) is 0 Å². The van der Waals surface area contributed by atoms with Gasteiger partial charge in [-0.05, 0) is 31.0 Å². The van der Waals surface area contributed by atoms with Crippen LogP contribution < -0.4 is 4.90 Å². The van der Waals surface area contributed by atoms with E-state index in [0.717, 1.165) is 11.5 Å². The second-order valence-electron chi connectivity index (χ2n) is 6.68. The number of nitro groups is 1. The van der Waals surface area contributed by atoms with Crippen LogP contribution in [0.3, 0.4) is 0 Å². The molecule has 1 amide bonds. The second kappa shape index (κ2) is 6.70. The minimum absolute atomic E-state index is 0.0690. The minimum Gasteiger partial charge on any atom is -0.352 e. The first kappa shape index (κ1) is 16.4. The van der Waals surface area contributed by atoms with E-state index in [-0.39, 0.29) is 11.6 Å². The van der Waals surface area contributed by atoms with Crippen molar-refractivity contribution in [1.29, 1.82) is 0 Å². The van der Waals surface area contributed by atoms with Gasteiger partial charge >= 0.3 is 0 Å². The molecule has 2 fully saturated rings. The zero-order valence-corrected chi connectivity index (χ0v) is 14.2. The van der Waals surface area contributed by atoms with Gasteiger partial charge in [0.1, 0.15) is 0 Å². The number of anilines is 1. The van der Waals surface area contributed by atoms with Crippen molar-refractivity contribution in [1.82, 2.24) is 15.1 Å². The summed E-state index contributed by atoms with van der Waals surface area (Å²) in [4.78, 5) is 26.8. The van der Waals surface area contributed by atoms with Crippen molar-refractivity contribution in [2.45, 2.75) is 18.8 Å². The molecule has 0 spiro atoms. The largest absolute Gasteiger partial charge is 0.352 e. The number of rotatable bonds is 4. The fraction of sp³-hybridized carbons (Fsp3) is 0.389. The van der Waals surface area contributed by atoms with Gasteiger partial charge in [-0.1, -0.05) is 6.07 Å². The highest BCUT2D eigenvalue weighted by atomic mass is 16.6. The maximum absolute atomic E-state index is 12.6. The number of amides is 1. The summed E-state index contributed by atoms with van der Waals surface area (Å²) in [7, 11) is 0. The van der Waals surface area contributed by atoms with Crippen LogP contribution in [-0.4, -0.2) is 52.1 Å². The third-order valence-electron chi connectivity index (χ3n) is 4.86. The molecule has 0 N–H and O–H groups in total. The van der Waals surface area contributed by atoms with E-state index in [1.165, 1.54) is 25.0 Å². The Labute approximate surface area is 150 Å². The number of nitro benzene ring substituents is 1. The van der Waals surface area contributed by atoms with Gasteiger partial charge in [-0.3, -0.25) is 14.9 Å². The Morgan fingerprint density at radius 2 is 1.85 bits per heavy atom. The van der Waals surface area contributed by atoms with Gasteiger partial charge in [0, 0.05) is 49.8 Å². The fourth-order valence-corrected chi connectivity index (χ4v) is 3.17. The maximum atomic E-state index is 12.6. The molecule has 8 heteroatoms. The molecule has 0 atom stereocenters. The Morgan fingerprint density at radius 3 is 2.46 bits per heavy atom. The normalized spacial score (nSPS) is 17.2. The number of hydrogen-bond acceptors (Lipinski definition) is 6. The van der Waals surface area contributed by atoms with Crippen LogP contribution >= 0.6 is 0 Å². The molecule has 26 heavy (non-hydrogen) atoms. The highest BCUT2D eigenvalue weighted by molar-refractivity contribution is 5.95.